The Labute approximate surface area is 118 Å². The number of rotatable bonds is 2. The van der Waals surface area contributed by atoms with E-state index >= 15 is 0 Å². The summed E-state index contributed by atoms with van der Waals surface area (Å²) in [5, 5.41) is 5.16. The lowest BCUT2D eigenvalue weighted by Crippen LogP contribution is -2.44. The Hall–Kier alpha value is -1.16. The van der Waals surface area contributed by atoms with Crippen LogP contribution in [-0.4, -0.2) is 36.1 Å². The molecule has 3 nitrogen and oxygen atoms in total. The minimum Gasteiger partial charge on any atom is -0.314 e. The van der Waals surface area contributed by atoms with E-state index in [4.69, 9.17) is 11.6 Å². The number of benzene rings is 1. The van der Waals surface area contributed by atoms with Crippen LogP contribution < -0.4 is 5.32 Å². The third-order valence-electron chi connectivity index (χ3n) is 3.85. The monoisotopic (exact) mass is 275 g/mol. The third kappa shape index (κ3) is 2.59. The Morgan fingerprint density at radius 2 is 2.00 bits per heavy atom. The molecule has 1 N–H and O–H groups in total. The Morgan fingerprint density at radius 1 is 1.26 bits per heavy atom. The van der Waals surface area contributed by atoms with Gasteiger partial charge in [0.05, 0.1) is 5.52 Å². The van der Waals surface area contributed by atoms with Crippen LogP contribution in [-0.2, 0) is 0 Å². The zero-order valence-corrected chi connectivity index (χ0v) is 11.8. The Morgan fingerprint density at radius 3 is 2.79 bits per heavy atom. The highest BCUT2D eigenvalue weighted by Crippen LogP contribution is 2.29. The summed E-state index contributed by atoms with van der Waals surface area (Å²) in [5.41, 5.74) is 2.09. The second kappa shape index (κ2) is 5.45. The normalized spacial score (nSPS) is 18.6. The number of fused-ring (bicyclic) bond motifs is 1. The lowest BCUT2D eigenvalue weighted by molar-refractivity contribution is 0.185. The van der Waals surface area contributed by atoms with Crippen LogP contribution in [0.2, 0.25) is 5.15 Å². The second-order valence-electron chi connectivity index (χ2n) is 5.02. The van der Waals surface area contributed by atoms with E-state index in [0.29, 0.717) is 11.2 Å². The quantitative estimate of drug-likeness (QED) is 0.855. The first-order valence-electron chi connectivity index (χ1n) is 6.75. The smallest absolute Gasteiger partial charge is 0.134 e. The molecule has 0 radical (unpaired) electrons. The fourth-order valence-corrected chi connectivity index (χ4v) is 2.97. The average Bonchev–Trinajstić information content (AvgIpc) is 2.47. The van der Waals surface area contributed by atoms with Crippen molar-refractivity contribution in [2.75, 3.05) is 26.2 Å². The molecule has 2 heterocycles. The summed E-state index contributed by atoms with van der Waals surface area (Å²) in [4.78, 5) is 6.97. The highest BCUT2D eigenvalue weighted by Gasteiger charge is 2.20. The van der Waals surface area contributed by atoms with Gasteiger partial charge < -0.3 is 5.32 Å². The van der Waals surface area contributed by atoms with E-state index in [2.05, 4.69) is 34.3 Å². The molecule has 1 aliphatic rings. The molecular weight excluding hydrogens is 258 g/mol. The fourth-order valence-electron chi connectivity index (χ4n) is 2.67. The molecule has 19 heavy (non-hydrogen) atoms. The maximum Gasteiger partial charge on any atom is 0.134 e. The van der Waals surface area contributed by atoms with Crippen LogP contribution in [0.15, 0.2) is 30.3 Å². The lowest BCUT2D eigenvalue weighted by atomic mass is 10.1. The molecule has 1 fully saturated rings. The number of aromatic nitrogens is 1. The maximum atomic E-state index is 6.36. The molecule has 100 valence electrons. The Balaban J connectivity index is 1.96. The summed E-state index contributed by atoms with van der Waals surface area (Å²) < 4.78 is 0. The summed E-state index contributed by atoms with van der Waals surface area (Å²) in [6, 6.07) is 10.6. The molecule has 0 spiro atoms. The number of nitrogens with one attached hydrogen (secondary N) is 1. The van der Waals surface area contributed by atoms with Gasteiger partial charge in [-0.2, -0.15) is 0 Å². The van der Waals surface area contributed by atoms with Crippen molar-refractivity contribution in [2.24, 2.45) is 0 Å². The average molecular weight is 276 g/mol. The van der Waals surface area contributed by atoms with Gasteiger partial charge in [-0.25, -0.2) is 4.98 Å². The SMILES string of the molecule is C[C@H](c1cc2ccccc2nc1Cl)N1CCNCC1. The van der Waals surface area contributed by atoms with Crippen molar-refractivity contribution in [2.45, 2.75) is 13.0 Å². The van der Waals surface area contributed by atoms with Crippen molar-refractivity contribution in [3.05, 3.63) is 41.0 Å². The Bertz CT molecular complexity index is 579. The van der Waals surface area contributed by atoms with Crippen LogP contribution in [0.4, 0.5) is 0 Å². The zero-order chi connectivity index (χ0) is 13.2. The molecule has 0 aliphatic carbocycles. The first-order valence-corrected chi connectivity index (χ1v) is 7.13. The van der Waals surface area contributed by atoms with Crippen molar-refractivity contribution < 1.29 is 0 Å². The van der Waals surface area contributed by atoms with E-state index in [9.17, 15) is 0 Å². The van der Waals surface area contributed by atoms with Crippen LogP contribution >= 0.6 is 11.6 Å². The third-order valence-corrected chi connectivity index (χ3v) is 4.16. The van der Waals surface area contributed by atoms with Gasteiger partial charge in [-0.1, -0.05) is 29.8 Å². The highest BCUT2D eigenvalue weighted by molar-refractivity contribution is 6.30. The number of pyridine rings is 1. The number of para-hydroxylation sites is 1. The van der Waals surface area contributed by atoms with Crippen LogP contribution in [0.25, 0.3) is 10.9 Å². The predicted molar refractivity (Wildman–Crippen MR) is 79.6 cm³/mol. The van der Waals surface area contributed by atoms with Crippen LogP contribution in [0.5, 0.6) is 0 Å². The molecule has 1 aromatic heterocycles. The van der Waals surface area contributed by atoms with Gasteiger partial charge in [-0.3, -0.25) is 4.90 Å². The number of piperazine rings is 1. The van der Waals surface area contributed by atoms with Crippen molar-refractivity contribution in [3.63, 3.8) is 0 Å². The van der Waals surface area contributed by atoms with Crippen LogP contribution in [0, 0.1) is 0 Å². The topological polar surface area (TPSA) is 28.2 Å². The van der Waals surface area contributed by atoms with Crippen molar-refractivity contribution >= 4 is 22.5 Å². The molecule has 2 aromatic rings. The largest absolute Gasteiger partial charge is 0.314 e. The van der Waals surface area contributed by atoms with E-state index in [1.165, 1.54) is 0 Å². The molecule has 3 rings (SSSR count). The van der Waals surface area contributed by atoms with Gasteiger partial charge in [0, 0.05) is 43.2 Å². The van der Waals surface area contributed by atoms with Gasteiger partial charge in [0.1, 0.15) is 5.15 Å². The number of nitrogens with zero attached hydrogens (tertiary/aromatic N) is 2. The summed E-state index contributed by atoms with van der Waals surface area (Å²) in [6.07, 6.45) is 0. The fraction of sp³-hybridized carbons (Fsp3) is 0.400. The molecule has 0 unspecified atom stereocenters. The predicted octanol–water partition coefficient (Wildman–Crippen LogP) is 2.85. The van der Waals surface area contributed by atoms with Crippen molar-refractivity contribution in [3.8, 4) is 0 Å². The van der Waals surface area contributed by atoms with Gasteiger partial charge in [-0.05, 0) is 19.1 Å². The van der Waals surface area contributed by atoms with Gasteiger partial charge in [-0.15, -0.1) is 0 Å². The summed E-state index contributed by atoms with van der Waals surface area (Å²) >= 11 is 6.36. The molecular formula is C15H18ClN3. The molecule has 0 amide bonds. The summed E-state index contributed by atoms with van der Waals surface area (Å²) in [5.74, 6) is 0. The molecule has 4 heteroatoms. The lowest BCUT2D eigenvalue weighted by Gasteiger charge is -2.33. The minimum atomic E-state index is 0.312. The zero-order valence-electron chi connectivity index (χ0n) is 11.1. The highest BCUT2D eigenvalue weighted by atomic mass is 35.5. The molecule has 1 aliphatic heterocycles. The molecule has 1 atom stereocenters. The second-order valence-corrected chi connectivity index (χ2v) is 5.38. The first kappa shape index (κ1) is 12.9. The van der Waals surface area contributed by atoms with Crippen molar-refractivity contribution in [1.29, 1.82) is 0 Å². The maximum absolute atomic E-state index is 6.36. The standard InChI is InChI=1S/C15H18ClN3/c1-11(19-8-6-17-7-9-19)13-10-12-4-2-3-5-14(12)18-15(13)16/h2-5,10-11,17H,6-9H2,1H3/t11-/m1/s1. The van der Waals surface area contributed by atoms with Gasteiger partial charge in [0.2, 0.25) is 0 Å². The van der Waals surface area contributed by atoms with Gasteiger partial charge in [0.25, 0.3) is 0 Å². The number of hydrogen-bond acceptors (Lipinski definition) is 3. The molecule has 0 bridgehead atoms. The first-order chi connectivity index (χ1) is 9.25. The summed E-state index contributed by atoms with van der Waals surface area (Å²) in [7, 11) is 0. The van der Waals surface area contributed by atoms with Gasteiger partial charge in [0.15, 0.2) is 0 Å². The molecule has 0 saturated carbocycles. The van der Waals surface area contributed by atoms with E-state index in [1.807, 2.05) is 18.2 Å². The number of hydrogen-bond donors (Lipinski definition) is 1. The molecule has 1 aromatic carbocycles. The van der Waals surface area contributed by atoms with E-state index < -0.39 is 0 Å². The Kier molecular flexibility index (Phi) is 3.69. The molecule has 1 saturated heterocycles. The van der Waals surface area contributed by atoms with E-state index in [-0.39, 0.29) is 0 Å². The van der Waals surface area contributed by atoms with Gasteiger partial charge >= 0.3 is 0 Å². The van der Waals surface area contributed by atoms with Crippen LogP contribution in [0.3, 0.4) is 0 Å². The van der Waals surface area contributed by atoms with E-state index in [0.717, 1.165) is 42.6 Å². The van der Waals surface area contributed by atoms with Crippen LogP contribution in [0.1, 0.15) is 18.5 Å². The summed E-state index contributed by atoms with van der Waals surface area (Å²) in [6.45, 7) is 6.42. The minimum absolute atomic E-state index is 0.312. The number of halogens is 1. The van der Waals surface area contributed by atoms with E-state index in [1.54, 1.807) is 0 Å². The van der Waals surface area contributed by atoms with Crippen molar-refractivity contribution in [1.82, 2.24) is 15.2 Å².